The van der Waals surface area contributed by atoms with Crippen LogP contribution in [0.5, 0.6) is 0 Å². The average Bonchev–Trinajstić information content (AvgIpc) is 2.51. The summed E-state index contributed by atoms with van der Waals surface area (Å²) >= 11 is 0. The van der Waals surface area contributed by atoms with Crippen LogP contribution in [0.25, 0.3) is 0 Å². The van der Waals surface area contributed by atoms with E-state index in [0.717, 1.165) is 0 Å². The van der Waals surface area contributed by atoms with Crippen molar-refractivity contribution in [2.45, 2.75) is 25.9 Å². The molecule has 0 aromatic heterocycles. The molecule has 1 aromatic carbocycles. The molecule has 2 N–H and O–H groups in total. The molecule has 0 aliphatic carbocycles. The van der Waals surface area contributed by atoms with Crippen LogP contribution in [-0.2, 0) is 11.2 Å². The van der Waals surface area contributed by atoms with Gasteiger partial charge in [0.2, 0.25) is 0 Å². The zero-order valence-electron chi connectivity index (χ0n) is 13.6. The lowest BCUT2D eigenvalue weighted by molar-refractivity contribution is -0.173. The molecule has 0 saturated carbocycles. The van der Waals surface area contributed by atoms with Gasteiger partial charge in [0.05, 0.1) is 0 Å². The summed E-state index contributed by atoms with van der Waals surface area (Å²) in [6.45, 7) is 2.15. The largest absolute Gasteiger partial charge is 0.411 e. The molecule has 24 heavy (non-hydrogen) atoms. The van der Waals surface area contributed by atoms with Crippen molar-refractivity contribution in [3.63, 3.8) is 0 Å². The highest BCUT2D eigenvalue weighted by Gasteiger charge is 2.27. The lowest BCUT2D eigenvalue weighted by Gasteiger charge is -2.12. The summed E-state index contributed by atoms with van der Waals surface area (Å²) in [7, 11) is 0. The zero-order valence-corrected chi connectivity index (χ0v) is 13.6. The van der Waals surface area contributed by atoms with Crippen molar-refractivity contribution in [3.05, 3.63) is 35.6 Å². The standard InChI is InChI=1S/C16H23F4N3O/c1-2-21-15(22-9-5-11-24-12-16(18,19)20)23-10-8-13-6-3-4-7-14(13)17/h3-4,6-7H,2,5,8-12H2,1H3,(H2,21,22,23). The maximum Gasteiger partial charge on any atom is 0.411 e. The Kier molecular flexibility index (Phi) is 9.14. The van der Waals surface area contributed by atoms with Gasteiger partial charge < -0.3 is 15.4 Å². The summed E-state index contributed by atoms with van der Waals surface area (Å²) in [5.41, 5.74) is 0.612. The van der Waals surface area contributed by atoms with Crippen LogP contribution in [0.15, 0.2) is 29.3 Å². The first-order valence-corrected chi connectivity index (χ1v) is 7.82. The fourth-order valence-electron chi connectivity index (χ4n) is 1.90. The highest BCUT2D eigenvalue weighted by Crippen LogP contribution is 2.14. The number of hydrogen-bond donors (Lipinski definition) is 2. The summed E-state index contributed by atoms with van der Waals surface area (Å²) in [4.78, 5) is 4.24. The Hall–Kier alpha value is -1.83. The maximum absolute atomic E-state index is 13.5. The van der Waals surface area contributed by atoms with E-state index in [4.69, 9.17) is 0 Å². The number of nitrogens with one attached hydrogen (secondary N) is 2. The van der Waals surface area contributed by atoms with E-state index in [2.05, 4.69) is 20.4 Å². The normalized spacial score (nSPS) is 12.3. The number of aliphatic imine (C=N–C) groups is 1. The summed E-state index contributed by atoms with van der Waals surface area (Å²) in [5.74, 6) is 0.299. The molecule has 0 aliphatic rings. The van der Waals surface area contributed by atoms with Crippen LogP contribution in [0.3, 0.4) is 0 Å². The molecule has 0 radical (unpaired) electrons. The van der Waals surface area contributed by atoms with Crippen molar-refractivity contribution >= 4 is 5.96 Å². The number of benzene rings is 1. The highest BCUT2D eigenvalue weighted by molar-refractivity contribution is 5.79. The Morgan fingerprint density at radius 2 is 1.96 bits per heavy atom. The van der Waals surface area contributed by atoms with Gasteiger partial charge in [-0.25, -0.2) is 4.39 Å². The summed E-state index contributed by atoms with van der Waals surface area (Å²) in [6.07, 6.45) is -3.40. The first-order chi connectivity index (χ1) is 11.4. The van der Waals surface area contributed by atoms with Gasteiger partial charge in [0.15, 0.2) is 5.96 Å². The smallest absolute Gasteiger partial charge is 0.372 e. The van der Waals surface area contributed by atoms with Crippen LogP contribution in [0.4, 0.5) is 17.6 Å². The van der Waals surface area contributed by atoms with Crippen molar-refractivity contribution in [3.8, 4) is 0 Å². The number of halogens is 4. The predicted octanol–water partition coefficient (Wildman–Crippen LogP) is 2.89. The van der Waals surface area contributed by atoms with Crippen LogP contribution in [-0.4, -0.2) is 45.0 Å². The maximum atomic E-state index is 13.5. The van der Waals surface area contributed by atoms with Gasteiger partial charge in [-0.1, -0.05) is 18.2 Å². The topological polar surface area (TPSA) is 45.7 Å². The van der Waals surface area contributed by atoms with Crippen molar-refractivity contribution in [2.24, 2.45) is 4.99 Å². The molecule has 0 spiro atoms. The molecule has 0 atom stereocenters. The number of hydrogen-bond acceptors (Lipinski definition) is 2. The number of alkyl halides is 3. The van der Waals surface area contributed by atoms with Crippen LogP contribution in [0.2, 0.25) is 0 Å². The van der Waals surface area contributed by atoms with E-state index in [1.807, 2.05) is 6.92 Å². The molecule has 0 heterocycles. The third-order valence-corrected chi connectivity index (χ3v) is 2.97. The van der Waals surface area contributed by atoms with Crippen molar-refractivity contribution in [1.82, 2.24) is 10.6 Å². The van der Waals surface area contributed by atoms with Crippen molar-refractivity contribution in [2.75, 3.05) is 32.8 Å². The van der Waals surface area contributed by atoms with Gasteiger partial charge in [0.25, 0.3) is 0 Å². The van der Waals surface area contributed by atoms with E-state index in [9.17, 15) is 17.6 Å². The van der Waals surface area contributed by atoms with E-state index in [1.54, 1.807) is 18.2 Å². The number of ether oxygens (including phenoxy) is 1. The second-order valence-corrected chi connectivity index (χ2v) is 5.05. The summed E-state index contributed by atoms with van der Waals surface area (Å²) < 4.78 is 53.7. The van der Waals surface area contributed by atoms with E-state index < -0.39 is 12.8 Å². The zero-order chi connectivity index (χ0) is 17.8. The minimum atomic E-state index is -4.30. The Morgan fingerprint density at radius 3 is 2.62 bits per heavy atom. The minimum absolute atomic E-state index is 0.00234. The van der Waals surface area contributed by atoms with Crippen LogP contribution >= 0.6 is 0 Å². The molecule has 0 unspecified atom stereocenters. The van der Waals surface area contributed by atoms with Crippen LogP contribution < -0.4 is 10.6 Å². The third kappa shape index (κ3) is 9.34. The van der Waals surface area contributed by atoms with Gasteiger partial charge in [-0.15, -0.1) is 0 Å². The molecule has 0 aliphatic heterocycles. The molecule has 0 bridgehead atoms. The average molecular weight is 349 g/mol. The summed E-state index contributed by atoms with van der Waals surface area (Å²) in [6, 6.07) is 6.55. The Balaban J connectivity index is 2.28. The molecule has 4 nitrogen and oxygen atoms in total. The fraction of sp³-hybridized carbons (Fsp3) is 0.562. The predicted molar refractivity (Wildman–Crippen MR) is 85.6 cm³/mol. The van der Waals surface area contributed by atoms with Crippen LogP contribution in [0, 0.1) is 5.82 Å². The summed E-state index contributed by atoms with van der Waals surface area (Å²) in [5, 5.41) is 6.09. The number of nitrogens with zero attached hydrogens (tertiary/aromatic N) is 1. The molecular formula is C16H23F4N3O. The lowest BCUT2D eigenvalue weighted by Crippen LogP contribution is -2.38. The molecule has 1 aromatic rings. The SMILES string of the molecule is CCNC(=NCCCOCC(F)(F)F)NCCc1ccccc1F. The monoisotopic (exact) mass is 349 g/mol. The molecule has 0 amide bonds. The second-order valence-electron chi connectivity index (χ2n) is 5.05. The molecule has 0 fully saturated rings. The van der Waals surface area contributed by atoms with Crippen molar-refractivity contribution < 1.29 is 22.3 Å². The number of guanidine groups is 1. The quantitative estimate of drug-likeness (QED) is 0.312. The van der Waals surface area contributed by atoms with E-state index in [-0.39, 0.29) is 12.4 Å². The highest BCUT2D eigenvalue weighted by atomic mass is 19.4. The van der Waals surface area contributed by atoms with E-state index in [0.29, 0.717) is 44.0 Å². The van der Waals surface area contributed by atoms with Crippen LogP contribution in [0.1, 0.15) is 18.9 Å². The third-order valence-electron chi connectivity index (χ3n) is 2.97. The Morgan fingerprint density at radius 1 is 1.21 bits per heavy atom. The van der Waals surface area contributed by atoms with E-state index in [1.165, 1.54) is 6.07 Å². The van der Waals surface area contributed by atoms with Gasteiger partial charge >= 0.3 is 6.18 Å². The lowest BCUT2D eigenvalue weighted by atomic mass is 10.1. The van der Waals surface area contributed by atoms with Gasteiger partial charge in [-0.2, -0.15) is 13.2 Å². The first kappa shape index (κ1) is 20.2. The minimum Gasteiger partial charge on any atom is -0.372 e. The van der Waals surface area contributed by atoms with Crippen molar-refractivity contribution in [1.29, 1.82) is 0 Å². The Labute approximate surface area is 139 Å². The van der Waals surface area contributed by atoms with Gasteiger partial charge in [0, 0.05) is 26.2 Å². The molecular weight excluding hydrogens is 326 g/mol. The van der Waals surface area contributed by atoms with Gasteiger partial charge in [0.1, 0.15) is 12.4 Å². The molecule has 1 rings (SSSR count). The molecule has 8 heteroatoms. The molecule has 0 saturated heterocycles. The first-order valence-electron chi connectivity index (χ1n) is 7.82. The Bertz CT molecular complexity index is 506. The van der Waals surface area contributed by atoms with E-state index >= 15 is 0 Å². The molecule has 136 valence electrons. The van der Waals surface area contributed by atoms with Gasteiger partial charge in [-0.3, -0.25) is 4.99 Å². The number of rotatable bonds is 9. The second kappa shape index (κ2) is 10.9. The van der Waals surface area contributed by atoms with Gasteiger partial charge in [-0.05, 0) is 31.4 Å². The fourth-order valence-corrected chi connectivity index (χ4v) is 1.90.